The zero-order valence-electron chi connectivity index (χ0n) is 12.2. The first-order chi connectivity index (χ1) is 8.67. The molecule has 1 aromatic heterocycles. The summed E-state index contributed by atoms with van der Waals surface area (Å²) in [6.45, 7) is 10.2. The lowest BCUT2D eigenvalue weighted by atomic mass is 9.48. The fraction of sp³-hybridized carbons (Fsp3) is 0.643. The molecule has 0 atom stereocenters. The molecule has 1 aliphatic carbocycles. The van der Waals surface area contributed by atoms with Crippen molar-refractivity contribution in [1.29, 1.82) is 0 Å². The van der Waals surface area contributed by atoms with E-state index in [2.05, 4.69) is 43.0 Å². The van der Waals surface area contributed by atoms with E-state index in [1.54, 1.807) is 6.20 Å². The van der Waals surface area contributed by atoms with E-state index in [4.69, 9.17) is 5.73 Å². The number of amides is 1. The van der Waals surface area contributed by atoms with Crippen LogP contribution in [0.25, 0.3) is 0 Å². The van der Waals surface area contributed by atoms with Gasteiger partial charge in [0.25, 0.3) is 5.91 Å². The lowest BCUT2D eigenvalue weighted by molar-refractivity contribution is -0.0664. The summed E-state index contributed by atoms with van der Waals surface area (Å²) in [5.41, 5.74) is 7.09. The van der Waals surface area contributed by atoms with Gasteiger partial charge in [-0.15, -0.1) is 0 Å². The molecule has 3 N–H and O–H groups in total. The van der Waals surface area contributed by atoms with E-state index in [1.807, 2.05) is 6.92 Å². The molecule has 5 heteroatoms. The number of aromatic nitrogens is 2. The molecule has 1 amide bonds. The van der Waals surface area contributed by atoms with Crippen molar-refractivity contribution in [3.05, 3.63) is 23.8 Å². The smallest absolute Gasteiger partial charge is 0.271 e. The SMILES string of the molecule is Cc1cnc(C(=O)NC2C(C)(C)C(N)C2(C)C)cn1. The van der Waals surface area contributed by atoms with Gasteiger partial charge in [0.2, 0.25) is 0 Å². The Labute approximate surface area is 114 Å². The molecule has 0 spiro atoms. The lowest BCUT2D eigenvalue weighted by Crippen LogP contribution is -2.76. The second kappa shape index (κ2) is 4.27. The van der Waals surface area contributed by atoms with Crippen molar-refractivity contribution >= 4 is 5.91 Å². The van der Waals surface area contributed by atoms with Crippen LogP contribution in [0.5, 0.6) is 0 Å². The molecule has 0 unspecified atom stereocenters. The minimum Gasteiger partial charge on any atom is -0.347 e. The summed E-state index contributed by atoms with van der Waals surface area (Å²) in [7, 11) is 0. The van der Waals surface area contributed by atoms with Gasteiger partial charge < -0.3 is 11.1 Å². The number of aryl methyl sites for hydroxylation is 1. The fourth-order valence-electron chi connectivity index (χ4n) is 3.27. The first kappa shape index (κ1) is 13.9. The van der Waals surface area contributed by atoms with Crippen molar-refractivity contribution in [2.45, 2.75) is 46.7 Å². The summed E-state index contributed by atoms with van der Waals surface area (Å²) in [4.78, 5) is 20.4. The highest BCUT2D eigenvalue weighted by Crippen LogP contribution is 2.52. The van der Waals surface area contributed by atoms with Crippen molar-refractivity contribution in [1.82, 2.24) is 15.3 Å². The second-order valence-corrected chi connectivity index (χ2v) is 6.57. The molecule has 104 valence electrons. The Balaban J connectivity index is 2.13. The van der Waals surface area contributed by atoms with Gasteiger partial charge in [-0.05, 0) is 6.92 Å². The summed E-state index contributed by atoms with van der Waals surface area (Å²) >= 11 is 0. The Morgan fingerprint density at radius 3 is 2.26 bits per heavy atom. The molecule has 2 rings (SSSR count). The molecule has 5 nitrogen and oxygen atoms in total. The van der Waals surface area contributed by atoms with Crippen molar-refractivity contribution in [2.24, 2.45) is 16.6 Å². The zero-order chi connectivity index (χ0) is 14.4. The predicted octanol–water partition coefficient (Wildman–Crippen LogP) is 1.28. The van der Waals surface area contributed by atoms with E-state index in [1.165, 1.54) is 6.20 Å². The number of hydrogen-bond donors (Lipinski definition) is 2. The molecular weight excluding hydrogens is 240 g/mol. The van der Waals surface area contributed by atoms with Crippen LogP contribution in [-0.4, -0.2) is 28.0 Å². The van der Waals surface area contributed by atoms with Crippen LogP contribution in [0.1, 0.15) is 43.9 Å². The largest absolute Gasteiger partial charge is 0.347 e. The molecule has 0 radical (unpaired) electrons. The lowest BCUT2D eigenvalue weighted by Gasteiger charge is -2.62. The first-order valence-corrected chi connectivity index (χ1v) is 6.52. The topological polar surface area (TPSA) is 80.9 Å². The van der Waals surface area contributed by atoms with E-state index in [-0.39, 0.29) is 28.8 Å². The number of nitrogens with one attached hydrogen (secondary N) is 1. The Morgan fingerprint density at radius 2 is 1.79 bits per heavy atom. The average Bonchev–Trinajstić information content (AvgIpc) is 2.35. The van der Waals surface area contributed by atoms with Gasteiger partial charge in [-0.1, -0.05) is 27.7 Å². The third-order valence-corrected chi connectivity index (χ3v) is 4.38. The monoisotopic (exact) mass is 262 g/mol. The number of nitrogens with two attached hydrogens (primary N) is 1. The van der Waals surface area contributed by atoms with Gasteiger partial charge in [0, 0.05) is 29.1 Å². The van der Waals surface area contributed by atoms with Crippen LogP contribution in [0.2, 0.25) is 0 Å². The Bertz CT molecular complexity index is 477. The summed E-state index contributed by atoms with van der Waals surface area (Å²) in [6, 6.07) is 0.0972. The number of hydrogen-bond acceptors (Lipinski definition) is 4. The molecule has 1 aromatic rings. The van der Waals surface area contributed by atoms with E-state index >= 15 is 0 Å². The summed E-state index contributed by atoms with van der Waals surface area (Å²) in [6.07, 6.45) is 3.10. The van der Waals surface area contributed by atoms with Crippen LogP contribution < -0.4 is 11.1 Å². The third-order valence-electron chi connectivity index (χ3n) is 4.38. The van der Waals surface area contributed by atoms with Crippen molar-refractivity contribution in [2.75, 3.05) is 0 Å². The van der Waals surface area contributed by atoms with Gasteiger partial charge >= 0.3 is 0 Å². The highest BCUT2D eigenvalue weighted by atomic mass is 16.2. The van der Waals surface area contributed by atoms with E-state index in [9.17, 15) is 4.79 Å². The Hall–Kier alpha value is -1.49. The van der Waals surface area contributed by atoms with Gasteiger partial charge in [-0.3, -0.25) is 9.78 Å². The molecule has 19 heavy (non-hydrogen) atoms. The van der Waals surface area contributed by atoms with Gasteiger partial charge in [-0.25, -0.2) is 4.98 Å². The molecule has 1 saturated carbocycles. The molecule has 0 aliphatic heterocycles. The number of carbonyl (C=O) groups excluding carboxylic acids is 1. The van der Waals surface area contributed by atoms with Crippen LogP contribution in [-0.2, 0) is 0 Å². The van der Waals surface area contributed by atoms with E-state index < -0.39 is 0 Å². The minimum absolute atomic E-state index is 0.0330. The van der Waals surface area contributed by atoms with Gasteiger partial charge in [0.05, 0.1) is 11.9 Å². The maximum Gasteiger partial charge on any atom is 0.271 e. The standard InChI is InChI=1S/C14H22N4O/c1-8-6-17-9(7-16-8)10(19)18-12-13(2,3)11(15)14(12,4)5/h6-7,11-12H,15H2,1-5H3,(H,18,19). The van der Waals surface area contributed by atoms with Crippen LogP contribution in [0.15, 0.2) is 12.4 Å². The summed E-state index contributed by atoms with van der Waals surface area (Å²) < 4.78 is 0. The predicted molar refractivity (Wildman–Crippen MR) is 73.6 cm³/mol. The maximum atomic E-state index is 12.2. The molecule has 1 heterocycles. The van der Waals surface area contributed by atoms with Crippen LogP contribution in [0, 0.1) is 17.8 Å². The Kier molecular flexibility index (Phi) is 3.13. The second-order valence-electron chi connectivity index (χ2n) is 6.57. The molecule has 0 aromatic carbocycles. The highest BCUT2D eigenvalue weighted by Gasteiger charge is 2.60. The van der Waals surface area contributed by atoms with Gasteiger partial charge in [0.15, 0.2) is 0 Å². The van der Waals surface area contributed by atoms with Gasteiger partial charge in [-0.2, -0.15) is 0 Å². The normalized spacial score (nSPS) is 27.5. The number of nitrogens with zero attached hydrogens (tertiary/aromatic N) is 2. The summed E-state index contributed by atoms with van der Waals surface area (Å²) in [5.74, 6) is -0.189. The zero-order valence-corrected chi connectivity index (χ0v) is 12.2. The van der Waals surface area contributed by atoms with E-state index in [0.29, 0.717) is 5.69 Å². The van der Waals surface area contributed by atoms with Crippen molar-refractivity contribution < 1.29 is 4.79 Å². The van der Waals surface area contributed by atoms with E-state index in [0.717, 1.165) is 5.69 Å². The number of rotatable bonds is 2. The molecule has 1 aliphatic rings. The molecular formula is C14H22N4O. The maximum absolute atomic E-state index is 12.2. The minimum atomic E-state index is -0.189. The van der Waals surface area contributed by atoms with Crippen molar-refractivity contribution in [3.63, 3.8) is 0 Å². The average molecular weight is 262 g/mol. The molecule has 0 saturated heterocycles. The highest BCUT2D eigenvalue weighted by molar-refractivity contribution is 5.92. The molecule has 0 bridgehead atoms. The van der Waals surface area contributed by atoms with Crippen LogP contribution in [0.4, 0.5) is 0 Å². The Morgan fingerprint density at radius 1 is 1.21 bits per heavy atom. The van der Waals surface area contributed by atoms with Gasteiger partial charge in [0.1, 0.15) is 5.69 Å². The summed E-state index contributed by atoms with van der Waals surface area (Å²) in [5, 5.41) is 3.04. The molecule has 1 fully saturated rings. The van der Waals surface area contributed by atoms with Crippen LogP contribution in [0.3, 0.4) is 0 Å². The van der Waals surface area contributed by atoms with Crippen molar-refractivity contribution in [3.8, 4) is 0 Å². The quantitative estimate of drug-likeness (QED) is 0.841. The number of carbonyl (C=O) groups is 1. The first-order valence-electron chi connectivity index (χ1n) is 6.52. The van der Waals surface area contributed by atoms with Crippen LogP contribution >= 0.6 is 0 Å². The third kappa shape index (κ3) is 2.12. The fourth-order valence-corrected chi connectivity index (χ4v) is 3.27.